The summed E-state index contributed by atoms with van der Waals surface area (Å²) in [6.45, 7) is 1.97. The molecule has 0 spiro atoms. The second kappa shape index (κ2) is 7.15. The average Bonchev–Trinajstić information content (AvgIpc) is 3.24. The standard InChI is InChI=1S/C14H14N6O4S2/c21-20(22)11-5-15-12(18-13(11)19-1-3-24-4-2-19)8-26(23)14-16-9-6-25-7-10(9)17-14/h5-7H,1-4,8H2,(H,16,17). The van der Waals surface area contributed by atoms with Gasteiger partial charge in [0, 0.05) is 35.0 Å². The third kappa shape index (κ3) is 3.35. The smallest absolute Gasteiger partial charge is 0.329 e. The largest absolute Gasteiger partial charge is 0.609 e. The van der Waals surface area contributed by atoms with Crippen LogP contribution in [0.15, 0.2) is 22.1 Å². The minimum atomic E-state index is -1.48. The van der Waals surface area contributed by atoms with Gasteiger partial charge in [-0.25, -0.2) is 9.97 Å². The Kier molecular flexibility index (Phi) is 4.72. The van der Waals surface area contributed by atoms with Crippen LogP contribution in [0.25, 0.3) is 11.0 Å². The summed E-state index contributed by atoms with van der Waals surface area (Å²) in [6, 6.07) is 0. The van der Waals surface area contributed by atoms with Gasteiger partial charge in [0.05, 0.1) is 23.7 Å². The minimum absolute atomic E-state index is 0.0227. The van der Waals surface area contributed by atoms with E-state index in [0.29, 0.717) is 31.5 Å². The first-order chi connectivity index (χ1) is 12.6. The molecule has 3 aromatic rings. The van der Waals surface area contributed by atoms with Crippen LogP contribution < -0.4 is 4.90 Å². The first kappa shape index (κ1) is 17.1. The molecule has 12 heteroatoms. The third-order valence-electron chi connectivity index (χ3n) is 3.89. The Hall–Kier alpha value is -2.28. The molecule has 3 aromatic heterocycles. The number of ether oxygens (including phenoxy) is 1. The molecular weight excluding hydrogens is 380 g/mol. The van der Waals surface area contributed by atoms with Crippen molar-refractivity contribution in [2.45, 2.75) is 10.9 Å². The molecular formula is C14H14N6O4S2. The zero-order valence-corrected chi connectivity index (χ0v) is 15.1. The van der Waals surface area contributed by atoms with Crippen LogP contribution in [0.2, 0.25) is 0 Å². The van der Waals surface area contributed by atoms with Crippen LogP contribution in [-0.2, 0) is 21.7 Å². The van der Waals surface area contributed by atoms with E-state index in [2.05, 4.69) is 19.9 Å². The van der Waals surface area contributed by atoms with E-state index >= 15 is 0 Å². The highest BCUT2D eigenvalue weighted by atomic mass is 32.2. The van der Waals surface area contributed by atoms with Gasteiger partial charge in [-0.05, 0) is 0 Å². The van der Waals surface area contributed by atoms with Gasteiger partial charge in [-0.2, -0.15) is 4.98 Å². The monoisotopic (exact) mass is 394 g/mol. The lowest BCUT2D eigenvalue weighted by Crippen LogP contribution is -2.37. The number of aromatic amines is 1. The van der Waals surface area contributed by atoms with Crippen molar-refractivity contribution >= 4 is 45.1 Å². The summed E-state index contributed by atoms with van der Waals surface area (Å²) in [6.07, 6.45) is 1.17. The van der Waals surface area contributed by atoms with Crippen molar-refractivity contribution in [2.75, 3.05) is 31.2 Å². The van der Waals surface area contributed by atoms with Gasteiger partial charge in [-0.1, -0.05) is 0 Å². The van der Waals surface area contributed by atoms with Crippen LogP contribution >= 0.6 is 11.3 Å². The molecule has 0 radical (unpaired) electrons. The number of thiophene rings is 1. The molecule has 10 nitrogen and oxygen atoms in total. The van der Waals surface area contributed by atoms with Crippen molar-refractivity contribution in [3.05, 3.63) is 32.9 Å². The molecule has 1 atom stereocenters. The van der Waals surface area contributed by atoms with Crippen LogP contribution in [0.1, 0.15) is 5.82 Å². The van der Waals surface area contributed by atoms with Gasteiger partial charge in [0.2, 0.25) is 5.82 Å². The Morgan fingerprint density at radius 3 is 2.88 bits per heavy atom. The van der Waals surface area contributed by atoms with Crippen molar-refractivity contribution in [3.63, 3.8) is 0 Å². The van der Waals surface area contributed by atoms with E-state index in [9.17, 15) is 14.7 Å². The summed E-state index contributed by atoms with van der Waals surface area (Å²) in [5, 5.41) is 15.4. The fourth-order valence-electron chi connectivity index (χ4n) is 2.62. The summed E-state index contributed by atoms with van der Waals surface area (Å²) >= 11 is 0.0330. The van der Waals surface area contributed by atoms with E-state index < -0.39 is 16.1 Å². The predicted octanol–water partition coefficient (Wildman–Crippen LogP) is 1.47. The first-order valence-corrected chi connectivity index (χ1v) is 10.0. The van der Waals surface area contributed by atoms with Gasteiger partial charge in [0.25, 0.3) is 0 Å². The van der Waals surface area contributed by atoms with Gasteiger partial charge in [0.15, 0.2) is 11.6 Å². The SMILES string of the molecule is O=[N+]([O-])c1cnc(C[S+]([O-])c2nc3cscc3[nH]2)nc1N1CCOCC1. The Morgan fingerprint density at radius 1 is 1.35 bits per heavy atom. The van der Waals surface area contributed by atoms with Crippen molar-refractivity contribution in [2.24, 2.45) is 0 Å². The summed E-state index contributed by atoms with van der Waals surface area (Å²) in [4.78, 5) is 28.2. The van der Waals surface area contributed by atoms with Crippen molar-refractivity contribution in [3.8, 4) is 0 Å². The molecule has 1 unspecified atom stereocenters. The zero-order valence-electron chi connectivity index (χ0n) is 13.5. The molecule has 1 saturated heterocycles. The van der Waals surface area contributed by atoms with Gasteiger partial charge in [-0.3, -0.25) is 15.1 Å². The van der Waals surface area contributed by atoms with E-state index in [0.717, 1.165) is 11.0 Å². The minimum Gasteiger partial charge on any atom is -0.609 e. The summed E-state index contributed by atoms with van der Waals surface area (Å²) < 4.78 is 17.8. The normalized spacial score (nSPS) is 16.1. The van der Waals surface area contributed by atoms with E-state index in [1.54, 1.807) is 4.90 Å². The number of nitrogens with one attached hydrogen (secondary N) is 1. The Labute approximate surface area is 154 Å². The number of fused-ring (bicyclic) bond motifs is 1. The summed E-state index contributed by atoms with van der Waals surface area (Å²) in [5.74, 6) is 0.532. The highest BCUT2D eigenvalue weighted by molar-refractivity contribution is 7.90. The van der Waals surface area contributed by atoms with Gasteiger partial charge >= 0.3 is 10.8 Å². The molecule has 136 valence electrons. The highest BCUT2D eigenvalue weighted by Gasteiger charge is 2.26. The topological polar surface area (TPSA) is 133 Å². The number of morpholine rings is 1. The fourth-order valence-corrected chi connectivity index (χ4v) is 4.25. The van der Waals surface area contributed by atoms with Crippen molar-refractivity contribution in [1.82, 2.24) is 19.9 Å². The number of hydrogen-bond donors (Lipinski definition) is 1. The molecule has 4 rings (SSSR count). The molecule has 0 aromatic carbocycles. The number of imidazole rings is 1. The number of nitro groups is 1. The highest BCUT2D eigenvalue weighted by Crippen LogP contribution is 2.27. The van der Waals surface area contributed by atoms with Crippen LogP contribution in [0, 0.1) is 10.1 Å². The van der Waals surface area contributed by atoms with Crippen LogP contribution in [0.5, 0.6) is 0 Å². The summed E-state index contributed by atoms with van der Waals surface area (Å²) in [5.41, 5.74) is 1.42. The number of hydrogen-bond acceptors (Lipinski definition) is 9. The number of aromatic nitrogens is 4. The maximum Gasteiger partial charge on any atom is 0.329 e. The molecule has 0 amide bonds. The number of H-pyrrole nitrogens is 1. The van der Waals surface area contributed by atoms with Gasteiger partial charge in [0.1, 0.15) is 11.7 Å². The first-order valence-electron chi connectivity index (χ1n) is 7.75. The Balaban J connectivity index is 1.59. The van der Waals surface area contributed by atoms with E-state index in [4.69, 9.17) is 4.74 Å². The third-order valence-corrected chi connectivity index (χ3v) is 5.76. The molecule has 0 saturated carbocycles. The maximum absolute atomic E-state index is 12.6. The molecule has 0 aliphatic carbocycles. The molecule has 1 N–H and O–H groups in total. The average molecular weight is 394 g/mol. The van der Waals surface area contributed by atoms with Crippen LogP contribution in [0.3, 0.4) is 0 Å². The number of anilines is 1. The second-order valence-electron chi connectivity index (χ2n) is 5.55. The van der Waals surface area contributed by atoms with Crippen LogP contribution in [0.4, 0.5) is 11.5 Å². The zero-order chi connectivity index (χ0) is 18.1. The van der Waals surface area contributed by atoms with Crippen molar-refractivity contribution < 1.29 is 14.2 Å². The van der Waals surface area contributed by atoms with Gasteiger partial charge < -0.3 is 14.2 Å². The summed E-state index contributed by atoms with van der Waals surface area (Å²) in [7, 11) is 0. The molecule has 26 heavy (non-hydrogen) atoms. The lowest BCUT2D eigenvalue weighted by atomic mass is 10.3. The molecule has 4 heterocycles. The number of nitrogens with zero attached hydrogens (tertiary/aromatic N) is 5. The molecule has 1 aliphatic heterocycles. The van der Waals surface area contributed by atoms with E-state index in [-0.39, 0.29) is 23.1 Å². The quantitative estimate of drug-likeness (QED) is 0.391. The lowest BCUT2D eigenvalue weighted by molar-refractivity contribution is -0.384. The predicted molar refractivity (Wildman–Crippen MR) is 95.8 cm³/mol. The maximum atomic E-state index is 12.6. The molecule has 0 bridgehead atoms. The van der Waals surface area contributed by atoms with Crippen molar-refractivity contribution in [1.29, 1.82) is 0 Å². The number of rotatable bonds is 5. The van der Waals surface area contributed by atoms with E-state index in [1.807, 2.05) is 10.8 Å². The van der Waals surface area contributed by atoms with Gasteiger partial charge in [-0.15, -0.1) is 11.3 Å². The lowest BCUT2D eigenvalue weighted by Gasteiger charge is -2.27. The molecule has 1 fully saturated rings. The Bertz CT molecular complexity index is 910. The van der Waals surface area contributed by atoms with Crippen LogP contribution in [-0.4, -0.2) is 55.7 Å². The Morgan fingerprint density at radius 2 is 2.15 bits per heavy atom. The van der Waals surface area contributed by atoms with E-state index in [1.165, 1.54) is 17.5 Å². The fraction of sp³-hybridized carbons (Fsp3) is 0.357. The molecule has 1 aliphatic rings. The second-order valence-corrected chi connectivity index (χ2v) is 7.66.